The van der Waals surface area contributed by atoms with E-state index in [1.807, 2.05) is 49.4 Å². The highest BCUT2D eigenvalue weighted by atomic mass is 35.5. The summed E-state index contributed by atoms with van der Waals surface area (Å²) in [5, 5.41) is 3.56. The van der Waals surface area contributed by atoms with Gasteiger partial charge in [-0.1, -0.05) is 54.1 Å². The highest BCUT2D eigenvalue weighted by Crippen LogP contribution is 2.40. The molecule has 0 bridgehead atoms. The summed E-state index contributed by atoms with van der Waals surface area (Å²) in [6, 6.07) is 12.6. The number of amides is 1. The molecule has 6 nitrogen and oxygen atoms in total. The lowest BCUT2D eigenvalue weighted by molar-refractivity contribution is -0.157. The summed E-state index contributed by atoms with van der Waals surface area (Å²) in [5.41, 5.74) is 0.939. The molecule has 1 aliphatic heterocycles. The molecule has 2 aliphatic rings. The number of nitrogens with zero attached hydrogens (tertiary/aromatic N) is 2. The molecule has 1 aromatic carbocycles. The second-order valence-electron chi connectivity index (χ2n) is 8.03. The lowest BCUT2D eigenvalue weighted by atomic mass is 9.96. The third-order valence-electron chi connectivity index (χ3n) is 5.44. The maximum Gasteiger partial charge on any atom is 0.323 e. The van der Waals surface area contributed by atoms with Crippen LogP contribution in [0.4, 0.5) is 0 Å². The van der Waals surface area contributed by atoms with Gasteiger partial charge in [-0.2, -0.15) is 0 Å². The number of carbonyl (C=O) groups is 2. The van der Waals surface area contributed by atoms with Crippen LogP contribution in [0.2, 0.25) is 5.15 Å². The Morgan fingerprint density at radius 1 is 1.23 bits per heavy atom. The van der Waals surface area contributed by atoms with E-state index >= 15 is 0 Å². The van der Waals surface area contributed by atoms with Gasteiger partial charge in [0.25, 0.3) is 0 Å². The van der Waals surface area contributed by atoms with Crippen LogP contribution in [-0.4, -0.2) is 33.5 Å². The van der Waals surface area contributed by atoms with Gasteiger partial charge in [-0.25, -0.2) is 4.98 Å². The van der Waals surface area contributed by atoms with Gasteiger partial charge in [0.1, 0.15) is 16.9 Å². The van der Waals surface area contributed by atoms with E-state index in [1.54, 1.807) is 35.5 Å². The molecule has 0 saturated heterocycles. The van der Waals surface area contributed by atoms with Gasteiger partial charge in [-0.05, 0) is 55.3 Å². The van der Waals surface area contributed by atoms with Crippen LogP contribution < -0.4 is 5.32 Å². The number of carbonyl (C=O) groups excluding carboxylic acids is 2. The normalized spacial score (nSPS) is 19.2. The first-order valence-electron chi connectivity index (χ1n) is 10.2. The minimum atomic E-state index is -1.06. The topological polar surface area (TPSA) is 71.5 Å². The van der Waals surface area contributed by atoms with Gasteiger partial charge in [0, 0.05) is 12.7 Å². The fourth-order valence-corrected chi connectivity index (χ4v) is 3.52. The molecule has 0 radical (unpaired) electrons. The Morgan fingerprint density at radius 2 is 2.00 bits per heavy atom. The number of nitrogens with one attached hydrogen (secondary N) is 1. The monoisotopic (exact) mass is 437 g/mol. The van der Waals surface area contributed by atoms with Gasteiger partial charge in [0.15, 0.2) is 5.92 Å². The van der Waals surface area contributed by atoms with Crippen LogP contribution in [0.25, 0.3) is 0 Å². The summed E-state index contributed by atoms with van der Waals surface area (Å²) in [6.07, 6.45) is 10.2. The molecule has 4 rings (SSSR count). The van der Waals surface area contributed by atoms with Crippen molar-refractivity contribution in [3.8, 4) is 0 Å². The SMILES string of the molecule is CC1(OC(=O)C(C(=O)N(Cc2ccc(Cl)nc2)C2C=CC=CN2)c2ccccc2)CC1. The number of aromatic nitrogens is 1. The van der Waals surface area contributed by atoms with E-state index in [2.05, 4.69) is 10.3 Å². The molecule has 1 saturated carbocycles. The number of dihydropyridines is 1. The van der Waals surface area contributed by atoms with E-state index in [-0.39, 0.29) is 12.5 Å². The molecule has 1 fully saturated rings. The smallest absolute Gasteiger partial charge is 0.323 e. The third-order valence-corrected chi connectivity index (χ3v) is 5.67. The van der Waals surface area contributed by atoms with Crippen molar-refractivity contribution < 1.29 is 14.3 Å². The van der Waals surface area contributed by atoms with Gasteiger partial charge in [0.05, 0.1) is 0 Å². The van der Waals surface area contributed by atoms with Crippen molar-refractivity contribution in [2.45, 2.75) is 44.0 Å². The highest BCUT2D eigenvalue weighted by Gasteiger charge is 2.45. The molecule has 31 heavy (non-hydrogen) atoms. The first kappa shape index (κ1) is 21.1. The molecule has 1 N–H and O–H groups in total. The Kier molecular flexibility index (Phi) is 6.09. The predicted octanol–water partition coefficient (Wildman–Crippen LogP) is 3.94. The second kappa shape index (κ2) is 8.94. The second-order valence-corrected chi connectivity index (χ2v) is 8.41. The van der Waals surface area contributed by atoms with Crippen LogP contribution in [0, 0.1) is 0 Å². The summed E-state index contributed by atoms with van der Waals surface area (Å²) in [7, 11) is 0. The van der Waals surface area contributed by atoms with E-state index < -0.39 is 23.7 Å². The highest BCUT2D eigenvalue weighted by molar-refractivity contribution is 6.29. The lowest BCUT2D eigenvalue weighted by Gasteiger charge is -2.33. The fourth-order valence-electron chi connectivity index (χ4n) is 3.41. The summed E-state index contributed by atoms with van der Waals surface area (Å²) < 4.78 is 5.72. The van der Waals surface area contributed by atoms with Crippen molar-refractivity contribution in [1.82, 2.24) is 15.2 Å². The molecular weight excluding hydrogens is 414 g/mol. The van der Waals surface area contributed by atoms with Crippen molar-refractivity contribution in [3.63, 3.8) is 0 Å². The number of benzene rings is 1. The summed E-state index contributed by atoms with van der Waals surface area (Å²) >= 11 is 5.91. The van der Waals surface area contributed by atoms with Crippen LogP contribution in [0.5, 0.6) is 0 Å². The van der Waals surface area contributed by atoms with E-state index in [9.17, 15) is 9.59 Å². The summed E-state index contributed by atoms with van der Waals surface area (Å²) in [5.74, 6) is -1.92. The van der Waals surface area contributed by atoms with Gasteiger partial charge in [-0.3, -0.25) is 9.59 Å². The lowest BCUT2D eigenvalue weighted by Crippen LogP contribution is -2.49. The summed E-state index contributed by atoms with van der Waals surface area (Å²) in [4.78, 5) is 32.8. The first-order chi connectivity index (χ1) is 15.0. The zero-order valence-electron chi connectivity index (χ0n) is 17.2. The fraction of sp³-hybridized carbons (Fsp3) is 0.292. The number of hydrogen-bond acceptors (Lipinski definition) is 5. The zero-order valence-corrected chi connectivity index (χ0v) is 18.0. The molecule has 2 atom stereocenters. The molecule has 7 heteroatoms. The molecule has 1 aromatic heterocycles. The van der Waals surface area contributed by atoms with Crippen LogP contribution in [0.15, 0.2) is 73.1 Å². The van der Waals surface area contributed by atoms with E-state index in [0.717, 1.165) is 18.4 Å². The van der Waals surface area contributed by atoms with Gasteiger partial charge >= 0.3 is 5.97 Å². The summed E-state index contributed by atoms with van der Waals surface area (Å²) in [6.45, 7) is 2.15. The zero-order chi connectivity index (χ0) is 21.8. The van der Waals surface area contributed by atoms with Crippen molar-refractivity contribution in [2.24, 2.45) is 0 Å². The Morgan fingerprint density at radius 3 is 2.61 bits per heavy atom. The van der Waals surface area contributed by atoms with Gasteiger partial charge < -0.3 is 15.0 Å². The Hall–Kier alpha value is -3.12. The Labute approximate surface area is 186 Å². The number of esters is 1. The van der Waals surface area contributed by atoms with Gasteiger partial charge in [-0.15, -0.1) is 0 Å². The molecule has 0 spiro atoms. The molecule has 1 aliphatic carbocycles. The molecule has 2 unspecified atom stereocenters. The van der Waals surface area contributed by atoms with E-state index in [4.69, 9.17) is 16.3 Å². The van der Waals surface area contributed by atoms with Crippen molar-refractivity contribution in [3.05, 3.63) is 89.4 Å². The maximum absolute atomic E-state index is 13.8. The first-order valence-corrected chi connectivity index (χ1v) is 10.6. The average Bonchev–Trinajstić information content (AvgIpc) is 3.51. The minimum Gasteiger partial charge on any atom is -0.459 e. The largest absolute Gasteiger partial charge is 0.459 e. The number of hydrogen-bond donors (Lipinski definition) is 1. The minimum absolute atomic E-state index is 0.257. The maximum atomic E-state index is 13.8. The van der Waals surface area contributed by atoms with E-state index in [0.29, 0.717) is 10.7 Å². The molecule has 2 aromatic rings. The standard InChI is InChI=1S/C24H24ClN3O3/c1-24(12-13-24)31-23(30)21(18-7-3-2-4-8-18)22(29)28(20-9-5-6-14-26-20)16-17-10-11-19(25)27-15-17/h2-11,14-15,20-21,26H,12-13,16H2,1H3. The van der Waals surface area contributed by atoms with Gasteiger partial charge in [0.2, 0.25) is 5.91 Å². The van der Waals surface area contributed by atoms with Crippen LogP contribution >= 0.6 is 11.6 Å². The molecule has 160 valence electrons. The number of allylic oxidation sites excluding steroid dienone is 2. The Bertz CT molecular complexity index is 1000. The van der Waals surface area contributed by atoms with Crippen LogP contribution in [0.1, 0.15) is 36.8 Å². The van der Waals surface area contributed by atoms with Crippen molar-refractivity contribution in [2.75, 3.05) is 0 Å². The van der Waals surface area contributed by atoms with Crippen molar-refractivity contribution in [1.29, 1.82) is 0 Å². The Balaban J connectivity index is 1.66. The molecule has 1 amide bonds. The quantitative estimate of drug-likeness (QED) is 0.403. The van der Waals surface area contributed by atoms with Crippen molar-refractivity contribution >= 4 is 23.5 Å². The number of ether oxygens (including phenoxy) is 1. The predicted molar refractivity (Wildman–Crippen MR) is 118 cm³/mol. The van der Waals surface area contributed by atoms with Crippen LogP contribution in [0.3, 0.4) is 0 Å². The number of pyridine rings is 1. The molecule has 2 heterocycles. The average molecular weight is 438 g/mol. The van der Waals surface area contributed by atoms with Crippen LogP contribution in [-0.2, 0) is 20.9 Å². The molecular formula is C24H24ClN3O3. The van der Waals surface area contributed by atoms with E-state index in [1.165, 1.54) is 0 Å². The third kappa shape index (κ3) is 5.14. The number of rotatable bonds is 7. The number of halogens is 1.